The predicted octanol–water partition coefficient (Wildman–Crippen LogP) is 4.32. The van der Waals surface area contributed by atoms with E-state index in [4.69, 9.17) is 33.7 Å². The second-order valence-electron chi connectivity index (χ2n) is 7.42. The van der Waals surface area contributed by atoms with Crippen molar-refractivity contribution in [3.05, 3.63) is 33.1 Å². The van der Waals surface area contributed by atoms with E-state index >= 15 is 0 Å². The molecule has 0 spiro atoms. The maximum absolute atomic E-state index is 10.3. The molecule has 4 N–H and O–H groups in total. The summed E-state index contributed by atoms with van der Waals surface area (Å²) in [7, 11) is 0. The van der Waals surface area contributed by atoms with E-state index in [1.165, 1.54) is 24.2 Å². The van der Waals surface area contributed by atoms with E-state index in [0.717, 1.165) is 29.9 Å². The van der Waals surface area contributed by atoms with Crippen molar-refractivity contribution in [2.75, 3.05) is 38.5 Å². The number of nitrogens with zero attached hydrogens (tertiary/aromatic N) is 3. The SMILES string of the molecule is CCNC(O)c1cc2c(-c3cc(OCCN4CCCC4)c(Cl)cc3Cl)nc(N)nc2s1. The standard InChI is InChI=1S/C21H25Cl2N5O2S/c1-2-25-19(29)17-10-13-18(26-21(24)27-20(13)31-17)12-9-16(15(23)11-14(12)22)30-8-7-28-5-3-4-6-28/h9-11,19,25,29H,2-8H2,1H3,(H2,24,26,27). The molecule has 0 amide bonds. The fourth-order valence-electron chi connectivity index (χ4n) is 3.70. The summed E-state index contributed by atoms with van der Waals surface area (Å²) in [6.07, 6.45) is 1.69. The highest BCUT2D eigenvalue weighted by Gasteiger charge is 2.20. The molecule has 1 aromatic carbocycles. The smallest absolute Gasteiger partial charge is 0.221 e. The fraction of sp³-hybridized carbons (Fsp3) is 0.429. The fourth-order valence-corrected chi connectivity index (χ4v) is 5.23. The minimum absolute atomic E-state index is 0.136. The average molecular weight is 482 g/mol. The van der Waals surface area contributed by atoms with Gasteiger partial charge in [0.05, 0.1) is 20.6 Å². The molecule has 1 saturated heterocycles. The third-order valence-electron chi connectivity index (χ3n) is 5.24. The van der Waals surface area contributed by atoms with Crippen LogP contribution in [0.1, 0.15) is 30.9 Å². The van der Waals surface area contributed by atoms with Gasteiger partial charge in [-0.3, -0.25) is 10.2 Å². The van der Waals surface area contributed by atoms with E-state index in [9.17, 15) is 5.11 Å². The quantitative estimate of drug-likeness (QED) is 0.412. The van der Waals surface area contributed by atoms with E-state index in [-0.39, 0.29) is 5.95 Å². The van der Waals surface area contributed by atoms with E-state index in [0.29, 0.717) is 45.0 Å². The number of likely N-dealkylation sites (tertiary alicyclic amines) is 1. The molecule has 1 aliphatic rings. The highest BCUT2D eigenvalue weighted by molar-refractivity contribution is 7.18. The molecule has 1 aliphatic heterocycles. The topological polar surface area (TPSA) is 96.5 Å². The number of aromatic nitrogens is 2. The maximum atomic E-state index is 10.3. The van der Waals surface area contributed by atoms with Gasteiger partial charge in [-0.15, -0.1) is 11.3 Å². The van der Waals surface area contributed by atoms with Crippen LogP contribution in [0, 0.1) is 0 Å². The van der Waals surface area contributed by atoms with Gasteiger partial charge in [-0.25, -0.2) is 9.97 Å². The number of hydrogen-bond acceptors (Lipinski definition) is 8. The Balaban J connectivity index is 1.67. The van der Waals surface area contributed by atoms with Crippen LogP contribution in [0.2, 0.25) is 10.0 Å². The summed E-state index contributed by atoms with van der Waals surface area (Å²) in [6.45, 7) is 6.19. The monoisotopic (exact) mass is 481 g/mol. The van der Waals surface area contributed by atoms with Crippen molar-refractivity contribution in [2.24, 2.45) is 0 Å². The first kappa shape index (κ1) is 22.5. The van der Waals surface area contributed by atoms with Crippen LogP contribution in [0.5, 0.6) is 5.75 Å². The number of anilines is 1. The van der Waals surface area contributed by atoms with Gasteiger partial charge in [0.25, 0.3) is 0 Å². The van der Waals surface area contributed by atoms with Gasteiger partial charge in [-0.2, -0.15) is 0 Å². The Kier molecular flexibility index (Phi) is 7.15. The average Bonchev–Trinajstić information content (AvgIpc) is 3.39. The zero-order valence-electron chi connectivity index (χ0n) is 17.2. The van der Waals surface area contributed by atoms with Crippen molar-refractivity contribution in [3.63, 3.8) is 0 Å². The highest BCUT2D eigenvalue weighted by Crippen LogP contribution is 2.41. The minimum Gasteiger partial charge on any atom is -0.491 e. The number of nitrogens with two attached hydrogens (primary N) is 1. The largest absolute Gasteiger partial charge is 0.491 e. The Bertz CT molecular complexity index is 1070. The number of nitrogen functional groups attached to an aromatic ring is 1. The third-order valence-corrected chi connectivity index (χ3v) is 6.93. The van der Waals surface area contributed by atoms with E-state index in [1.54, 1.807) is 12.1 Å². The number of thiophene rings is 1. The zero-order chi connectivity index (χ0) is 22.0. The summed E-state index contributed by atoms with van der Waals surface area (Å²) < 4.78 is 5.98. The molecule has 0 aliphatic carbocycles. The molecule has 0 bridgehead atoms. The molecule has 31 heavy (non-hydrogen) atoms. The molecule has 10 heteroatoms. The number of nitrogens with one attached hydrogen (secondary N) is 1. The number of fused-ring (bicyclic) bond motifs is 1. The second-order valence-corrected chi connectivity index (χ2v) is 9.29. The van der Waals surface area contributed by atoms with Gasteiger partial charge in [0.2, 0.25) is 5.95 Å². The Labute approximate surface area is 195 Å². The molecule has 3 aromatic rings. The molecular weight excluding hydrogens is 457 g/mol. The Morgan fingerprint density at radius 1 is 1.23 bits per heavy atom. The lowest BCUT2D eigenvalue weighted by Gasteiger charge is -2.16. The summed E-state index contributed by atoms with van der Waals surface area (Å²) >= 11 is 14.3. The van der Waals surface area contributed by atoms with Crippen LogP contribution in [0.15, 0.2) is 18.2 Å². The number of benzene rings is 1. The molecule has 2 aromatic heterocycles. The normalized spacial score (nSPS) is 15.6. The molecule has 3 heterocycles. The van der Waals surface area contributed by atoms with Crippen LogP contribution in [-0.4, -0.2) is 52.8 Å². The molecular formula is C21H25Cl2N5O2S. The Hall–Kier alpha value is -1.68. The number of aliphatic hydroxyl groups excluding tert-OH is 1. The molecule has 4 rings (SSSR count). The first-order valence-electron chi connectivity index (χ1n) is 10.3. The van der Waals surface area contributed by atoms with Gasteiger partial charge in [0, 0.05) is 17.5 Å². The molecule has 166 valence electrons. The summed E-state index contributed by atoms with van der Waals surface area (Å²) in [5, 5.41) is 15.0. The number of halogens is 2. The van der Waals surface area contributed by atoms with Crippen LogP contribution in [0.3, 0.4) is 0 Å². The van der Waals surface area contributed by atoms with Crippen LogP contribution in [0.4, 0.5) is 5.95 Å². The number of hydrogen-bond donors (Lipinski definition) is 3. The highest BCUT2D eigenvalue weighted by atomic mass is 35.5. The van der Waals surface area contributed by atoms with E-state index < -0.39 is 6.23 Å². The molecule has 1 fully saturated rings. The lowest BCUT2D eigenvalue weighted by molar-refractivity contribution is 0.145. The first-order valence-corrected chi connectivity index (χ1v) is 11.9. The first-order chi connectivity index (χ1) is 15.0. The van der Waals surface area contributed by atoms with Crippen molar-refractivity contribution in [1.82, 2.24) is 20.2 Å². The zero-order valence-corrected chi connectivity index (χ0v) is 19.5. The van der Waals surface area contributed by atoms with E-state index in [1.807, 2.05) is 13.0 Å². The lowest BCUT2D eigenvalue weighted by atomic mass is 10.1. The lowest BCUT2D eigenvalue weighted by Crippen LogP contribution is -2.25. The maximum Gasteiger partial charge on any atom is 0.221 e. The van der Waals surface area contributed by atoms with Gasteiger partial charge < -0.3 is 15.6 Å². The van der Waals surface area contributed by atoms with Crippen molar-refractivity contribution >= 4 is 50.7 Å². The van der Waals surface area contributed by atoms with Crippen molar-refractivity contribution < 1.29 is 9.84 Å². The van der Waals surface area contributed by atoms with Gasteiger partial charge in [0.1, 0.15) is 23.4 Å². The van der Waals surface area contributed by atoms with Crippen LogP contribution in [-0.2, 0) is 0 Å². The predicted molar refractivity (Wildman–Crippen MR) is 127 cm³/mol. The summed E-state index contributed by atoms with van der Waals surface area (Å²) in [5.74, 6) is 0.685. The third kappa shape index (κ3) is 5.05. The van der Waals surface area contributed by atoms with Crippen LogP contribution >= 0.6 is 34.5 Å². The Morgan fingerprint density at radius 2 is 2.00 bits per heavy atom. The van der Waals surface area contributed by atoms with Crippen molar-refractivity contribution in [3.8, 4) is 17.0 Å². The summed E-state index contributed by atoms with van der Waals surface area (Å²) in [4.78, 5) is 12.6. The van der Waals surface area contributed by atoms with Gasteiger partial charge in [-0.1, -0.05) is 30.1 Å². The van der Waals surface area contributed by atoms with Crippen molar-refractivity contribution in [1.29, 1.82) is 0 Å². The van der Waals surface area contributed by atoms with Gasteiger partial charge in [-0.05, 0) is 50.7 Å². The van der Waals surface area contributed by atoms with Crippen molar-refractivity contribution in [2.45, 2.75) is 26.0 Å². The molecule has 1 unspecified atom stereocenters. The summed E-state index contributed by atoms with van der Waals surface area (Å²) in [6, 6.07) is 5.32. The molecule has 7 nitrogen and oxygen atoms in total. The van der Waals surface area contributed by atoms with Gasteiger partial charge >= 0.3 is 0 Å². The number of ether oxygens (including phenoxy) is 1. The minimum atomic E-state index is -0.788. The van der Waals surface area contributed by atoms with E-state index in [2.05, 4.69) is 20.2 Å². The summed E-state index contributed by atoms with van der Waals surface area (Å²) in [5.41, 5.74) is 7.21. The van der Waals surface area contributed by atoms with Gasteiger partial charge in [0.15, 0.2) is 0 Å². The second kappa shape index (κ2) is 9.85. The number of rotatable bonds is 8. The Morgan fingerprint density at radius 3 is 2.74 bits per heavy atom. The molecule has 1 atom stereocenters. The van der Waals surface area contributed by atoms with Crippen LogP contribution < -0.4 is 15.8 Å². The molecule has 0 radical (unpaired) electrons. The van der Waals surface area contributed by atoms with Crippen LogP contribution in [0.25, 0.3) is 21.5 Å². The molecule has 0 saturated carbocycles. The number of aliphatic hydroxyl groups is 1.